The average Bonchev–Trinajstić information content (AvgIpc) is 2.86. The molecule has 0 fully saturated rings. The van der Waals surface area contributed by atoms with Gasteiger partial charge in [0.15, 0.2) is 0 Å². The van der Waals surface area contributed by atoms with Crippen LogP contribution in [0.5, 0.6) is 17.2 Å². The van der Waals surface area contributed by atoms with Gasteiger partial charge in [0.05, 0.1) is 15.4 Å². The van der Waals surface area contributed by atoms with Crippen LogP contribution in [0.3, 0.4) is 0 Å². The van der Waals surface area contributed by atoms with Crippen molar-refractivity contribution in [1.82, 2.24) is 4.90 Å². The van der Waals surface area contributed by atoms with E-state index in [1.54, 1.807) is 24.3 Å². The maximum Gasteiger partial charge on any atom is 0.453 e. The molecule has 186 valence electrons. The maximum absolute atomic E-state index is 14.0. The normalized spacial score (nSPS) is 13.9. The molecule has 0 unspecified atom stereocenters. The predicted octanol–water partition coefficient (Wildman–Crippen LogP) is 7.15. The van der Waals surface area contributed by atoms with Crippen molar-refractivity contribution >= 4 is 26.9 Å². The van der Waals surface area contributed by atoms with Gasteiger partial charge in [-0.3, -0.25) is 9.69 Å². The number of para-hydroxylation sites is 1. The Morgan fingerprint density at radius 2 is 1.75 bits per heavy atom. The fourth-order valence-electron chi connectivity index (χ4n) is 4.21. The van der Waals surface area contributed by atoms with Gasteiger partial charge >= 0.3 is 6.18 Å². The summed E-state index contributed by atoms with van der Waals surface area (Å²) in [6, 6.07) is 19.4. The van der Waals surface area contributed by atoms with Crippen molar-refractivity contribution in [3.8, 4) is 17.2 Å². The number of hydrogen-bond donors (Lipinski definition) is 0. The van der Waals surface area contributed by atoms with Crippen molar-refractivity contribution in [2.45, 2.75) is 25.6 Å². The van der Waals surface area contributed by atoms with Gasteiger partial charge in [-0.1, -0.05) is 42.5 Å². The molecule has 0 atom stereocenters. The first kappa shape index (κ1) is 24.4. The summed E-state index contributed by atoms with van der Waals surface area (Å²) in [6.45, 7) is 1.27. The molecule has 1 aliphatic rings. The second-order valence-corrected chi connectivity index (χ2v) is 9.31. The van der Waals surface area contributed by atoms with Crippen LogP contribution < -0.4 is 14.9 Å². The lowest BCUT2D eigenvalue weighted by molar-refractivity contribution is -0.154. The molecule has 0 aliphatic carbocycles. The minimum Gasteiger partial charge on any atom is -0.478 e. The van der Waals surface area contributed by atoms with Crippen LogP contribution in [0.4, 0.5) is 13.2 Å². The topological polar surface area (TPSA) is 51.9 Å². The van der Waals surface area contributed by atoms with Crippen LogP contribution in [-0.4, -0.2) is 18.2 Å². The van der Waals surface area contributed by atoms with E-state index in [-0.39, 0.29) is 16.7 Å². The Hall–Kier alpha value is -3.30. The van der Waals surface area contributed by atoms with E-state index >= 15 is 0 Å². The first-order valence-corrected chi connectivity index (χ1v) is 12.1. The summed E-state index contributed by atoms with van der Waals surface area (Å²) < 4.78 is 59.1. The molecule has 1 aliphatic heterocycles. The first-order valence-electron chi connectivity index (χ1n) is 11.3. The molecule has 4 aromatic rings. The molecule has 0 N–H and O–H groups in total. The standard InChI is InChI=1S/C27H21BrF3NO4/c28-20-10-4-5-11-22(20)35-25-23(33)18-12-13-21-19(24(18)36-26(25)27(29,30)31)15-32(16-34-21)14-6-9-17-7-2-1-3-8-17/h1-5,7-8,10-13H,6,9,14-16H2. The molecule has 5 rings (SSSR count). The molecule has 0 saturated carbocycles. The minimum absolute atomic E-state index is 0.00135. The van der Waals surface area contributed by atoms with Gasteiger partial charge in [-0.05, 0) is 58.6 Å². The van der Waals surface area contributed by atoms with Crippen molar-refractivity contribution < 1.29 is 27.1 Å². The summed E-state index contributed by atoms with van der Waals surface area (Å²) in [6.07, 6.45) is -3.24. The zero-order chi connectivity index (χ0) is 25.3. The van der Waals surface area contributed by atoms with Gasteiger partial charge in [-0.2, -0.15) is 13.2 Å². The fourth-order valence-corrected chi connectivity index (χ4v) is 4.57. The number of fused-ring (bicyclic) bond motifs is 3. The lowest BCUT2D eigenvalue weighted by Gasteiger charge is -2.29. The number of benzene rings is 3. The van der Waals surface area contributed by atoms with E-state index in [0.717, 1.165) is 12.8 Å². The molecule has 0 amide bonds. The second kappa shape index (κ2) is 9.99. The van der Waals surface area contributed by atoms with Crippen LogP contribution in [0.25, 0.3) is 11.0 Å². The number of aryl methyl sites for hydroxylation is 1. The third-order valence-electron chi connectivity index (χ3n) is 5.95. The molecule has 9 heteroatoms. The molecule has 1 aromatic heterocycles. The van der Waals surface area contributed by atoms with Crippen molar-refractivity contribution in [1.29, 1.82) is 0 Å². The molecule has 36 heavy (non-hydrogen) atoms. The third kappa shape index (κ3) is 4.99. The Balaban J connectivity index is 1.49. The second-order valence-electron chi connectivity index (χ2n) is 8.45. The Kier molecular flexibility index (Phi) is 6.77. The zero-order valence-corrected chi connectivity index (χ0v) is 20.6. The van der Waals surface area contributed by atoms with Crippen molar-refractivity contribution in [3.05, 3.63) is 98.3 Å². The summed E-state index contributed by atoms with van der Waals surface area (Å²) in [4.78, 5) is 15.2. The quantitative estimate of drug-likeness (QED) is 0.251. The molecule has 0 radical (unpaired) electrons. The fraction of sp³-hybridized carbons (Fsp3) is 0.222. The maximum atomic E-state index is 14.0. The van der Waals surface area contributed by atoms with Crippen LogP contribution >= 0.6 is 15.9 Å². The smallest absolute Gasteiger partial charge is 0.453 e. The van der Waals surface area contributed by atoms with Gasteiger partial charge in [-0.15, -0.1) is 0 Å². The van der Waals surface area contributed by atoms with Crippen molar-refractivity contribution in [3.63, 3.8) is 0 Å². The molecular formula is C27H21BrF3NO4. The van der Waals surface area contributed by atoms with E-state index in [2.05, 4.69) is 28.1 Å². The van der Waals surface area contributed by atoms with E-state index in [1.165, 1.54) is 17.7 Å². The van der Waals surface area contributed by atoms with Crippen molar-refractivity contribution in [2.75, 3.05) is 13.3 Å². The first-order chi connectivity index (χ1) is 17.3. The number of alkyl halides is 3. The van der Waals surface area contributed by atoms with Gasteiger partial charge < -0.3 is 13.9 Å². The molecule has 3 aromatic carbocycles. The van der Waals surface area contributed by atoms with Gasteiger partial charge in [0, 0.05) is 13.1 Å². The minimum atomic E-state index is -4.95. The van der Waals surface area contributed by atoms with E-state index < -0.39 is 23.1 Å². The van der Waals surface area contributed by atoms with Crippen LogP contribution in [0.2, 0.25) is 0 Å². The third-order valence-corrected chi connectivity index (χ3v) is 6.61. The summed E-state index contributed by atoms with van der Waals surface area (Å²) in [7, 11) is 0. The highest BCUT2D eigenvalue weighted by molar-refractivity contribution is 9.10. The highest BCUT2D eigenvalue weighted by Gasteiger charge is 2.41. The number of ether oxygens (including phenoxy) is 2. The van der Waals surface area contributed by atoms with E-state index in [9.17, 15) is 18.0 Å². The monoisotopic (exact) mass is 559 g/mol. The number of rotatable bonds is 6. The van der Waals surface area contributed by atoms with E-state index in [1.807, 2.05) is 23.1 Å². The Morgan fingerprint density at radius 1 is 1.00 bits per heavy atom. The van der Waals surface area contributed by atoms with Gasteiger partial charge in [-0.25, -0.2) is 0 Å². The summed E-state index contributed by atoms with van der Waals surface area (Å²) in [5.74, 6) is -1.92. The van der Waals surface area contributed by atoms with Gasteiger partial charge in [0.2, 0.25) is 11.2 Å². The lowest BCUT2D eigenvalue weighted by Crippen LogP contribution is -2.33. The van der Waals surface area contributed by atoms with Crippen LogP contribution in [0.15, 0.2) is 80.4 Å². The van der Waals surface area contributed by atoms with Crippen molar-refractivity contribution in [2.24, 2.45) is 0 Å². The molecule has 0 bridgehead atoms. The Morgan fingerprint density at radius 3 is 2.50 bits per heavy atom. The Bertz CT molecular complexity index is 1450. The molecule has 0 spiro atoms. The van der Waals surface area contributed by atoms with Gasteiger partial charge in [0.25, 0.3) is 5.76 Å². The Labute approximate surface area is 213 Å². The average molecular weight is 560 g/mol. The molecule has 5 nitrogen and oxygen atoms in total. The number of halogens is 4. The predicted molar refractivity (Wildman–Crippen MR) is 132 cm³/mol. The molecule has 2 heterocycles. The van der Waals surface area contributed by atoms with Crippen LogP contribution in [0.1, 0.15) is 23.3 Å². The summed E-state index contributed by atoms with van der Waals surface area (Å²) >= 11 is 3.23. The summed E-state index contributed by atoms with van der Waals surface area (Å²) in [5.41, 5.74) is 0.577. The SMILES string of the molecule is O=c1c(Oc2ccccc2Br)c(C(F)(F)F)oc2c3c(ccc12)OCN(CCCc1ccccc1)C3. The lowest BCUT2D eigenvalue weighted by atomic mass is 10.1. The highest BCUT2D eigenvalue weighted by Crippen LogP contribution is 2.41. The van der Waals surface area contributed by atoms with Gasteiger partial charge in [0.1, 0.15) is 23.8 Å². The molecular weight excluding hydrogens is 539 g/mol. The van der Waals surface area contributed by atoms with Crippen LogP contribution in [0, 0.1) is 0 Å². The van der Waals surface area contributed by atoms with Crippen LogP contribution in [-0.2, 0) is 19.1 Å². The summed E-state index contributed by atoms with van der Waals surface area (Å²) in [5, 5.41) is -0.00135. The number of hydrogen-bond acceptors (Lipinski definition) is 5. The van der Waals surface area contributed by atoms with E-state index in [4.69, 9.17) is 13.9 Å². The van der Waals surface area contributed by atoms with E-state index in [0.29, 0.717) is 35.6 Å². The molecule has 0 saturated heterocycles. The largest absolute Gasteiger partial charge is 0.478 e. The highest BCUT2D eigenvalue weighted by atomic mass is 79.9. The zero-order valence-electron chi connectivity index (χ0n) is 19.0. The number of nitrogens with zero attached hydrogens (tertiary/aromatic N) is 1.